The molecule has 0 bridgehead atoms. The molecule has 0 spiro atoms. The SMILES string of the molecule is CCCCCn1c(O)c(N=NC(=O)Cn2cnc3sc4c(c3c2=O)CCCC4)c2ccccc21. The van der Waals surface area contributed by atoms with Gasteiger partial charge < -0.3 is 9.67 Å². The van der Waals surface area contributed by atoms with Gasteiger partial charge in [-0.25, -0.2) is 4.98 Å². The normalized spacial score (nSPS) is 13.8. The Hall–Kier alpha value is -3.33. The van der Waals surface area contributed by atoms with Crippen LogP contribution in [0.1, 0.15) is 49.5 Å². The summed E-state index contributed by atoms with van der Waals surface area (Å²) in [6.07, 6.45) is 8.55. The van der Waals surface area contributed by atoms with E-state index in [1.165, 1.54) is 15.8 Å². The molecule has 1 aliphatic rings. The summed E-state index contributed by atoms with van der Waals surface area (Å²) in [5.74, 6) is -0.575. The van der Waals surface area contributed by atoms with Crippen LogP contribution in [-0.2, 0) is 30.7 Å². The number of aryl methyl sites for hydroxylation is 3. The zero-order valence-electron chi connectivity index (χ0n) is 19.2. The smallest absolute Gasteiger partial charge is 0.284 e. The number of para-hydroxylation sites is 1. The fourth-order valence-corrected chi connectivity index (χ4v) is 5.91. The average molecular weight is 478 g/mol. The summed E-state index contributed by atoms with van der Waals surface area (Å²) in [5, 5.41) is 20.1. The molecule has 8 nitrogen and oxygen atoms in total. The molecule has 3 heterocycles. The number of fused-ring (bicyclic) bond motifs is 4. The first kappa shape index (κ1) is 22.5. The van der Waals surface area contributed by atoms with Crippen molar-refractivity contribution in [2.24, 2.45) is 10.2 Å². The molecule has 4 aromatic rings. The molecule has 1 N–H and O–H groups in total. The van der Waals surface area contributed by atoms with Gasteiger partial charge in [-0.15, -0.1) is 21.6 Å². The Labute approximate surface area is 200 Å². The first-order valence-corrected chi connectivity index (χ1v) is 12.6. The maximum atomic E-state index is 13.1. The second-order valence-corrected chi connectivity index (χ2v) is 9.79. The van der Waals surface area contributed by atoms with Crippen molar-refractivity contribution in [1.29, 1.82) is 0 Å². The molecule has 1 aliphatic carbocycles. The molecule has 5 rings (SSSR count). The molecular weight excluding hydrogens is 450 g/mol. The molecule has 0 fully saturated rings. The zero-order chi connectivity index (χ0) is 23.7. The van der Waals surface area contributed by atoms with Gasteiger partial charge >= 0.3 is 0 Å². The van der Waals surface area contributed by atoms with Crippen LogP contribution in [0.4, 0.5) is 5.69 Å². The Morgan fingerprint density at radius 2 is 2.03 bits per heavy atom. The van der Waals surface area contributed by atoms with Crippen LogP contribution in [0, 0.1) is 0 Å². The van der Waals surface area contributed by atoms with Gasteiger partial charge in [0.2, 0.25) is 5.88 Å². The highest BCUT2D eigenvalue weighted by Crippen LogP contribution is 2.39. The Morgan fingerprint density at radius 3 is 2.88 bits per heavy atom. The van der Waals surface area contributed by atoms with Gasteiger partial charge in [-0.1, -0.05) is 38.0 Å². The highest BCUT2D eigenvalue weighted by Gasteiger charge is 2.21. The van der Waals surface area contributed by atoms with Crippen LogP contribution in [0.2, 0.25) is 0 Å². The summed E-state index contributed by atoms with van der Waals surface area (Å²) >= 11 is 1.58. The number of carbonyl (C=O) groups excluding carboxylic acids is 1. The Bertz CT molecular complexity index is 1460. The molecule has 1 aromatic carbocycles. The molecule has 3 aromatic heterocycles. The maximum absolute atomic E-state index is 13.1. The van der Waals surface area contributed by atoms with E-state index in [1.54, 1.807) is 11.3 Å². The largest absolute Gasteiger partial charge is 0.493 e. The third kappa shape index (κ3) is 4.04. The van der Waals surface area contributed by atoms with Gasteiger partial charge in [0.25, 0.3) is 11.5 Å². The molecule has 0 aliphatic heterocycles. The van der Waals surface area contributed by atoms with E-state index >= 15 is 0 Å². The van der Waals surface area contributed by atoms with Crippen molar-refractivity contribution in [3.63, 3.8) is 0 Å². The number of carbonyl (C=O) groups is 1. The van der Waals surface area contributed by atoms with E-state index in [0.717, 1.165) is 66.2 Å². The monoisotopic (exact) mass is 477 g/mol. The van der Waals surface area contributed by atoms with Gasteiger partial charge in [0.15, 0.2) is 5.69 Å². The van der Waals surface area contributed by atoms with E-state index < -0.39 is 5.91 Å². The number of hydrogen-bond acceptors (Lipinski definition) is 6. The lowest BCUT2D eigenvalue weighted by molar-refractivity contribution is -0.118. The van der Waals surface area contributed by atoms with Crippen LogP contribution in [0.25, 0.3) is 21.1 Å². The predicted molar refractivity (Wildman–Crippen MR) is 133 cm³/mol. The Balaban J connectivity index is 1.41. The van der Waals surface area contributed by atoms with Gasteiger partial charge in [0.1, 0.15) is 11.4 Å². The zero-order valence-corrected chi connectivity index (χ0v) is 20.0. The lowest BCUT2D eigenvalue weighted by atomic mass is 9.97. The predicted octanol–water partition coefficient (Wildman–Crippen LogP) is 5.50. The van der Waals surface area contributed by atoms with Crippen LogP contribution in [0.3, 0.4) is 0 Å². The van der Waals surface area contributed by atoms with Crippen LogP contribution < -0.4 is 5.56 Å². The van der Waals surface area contributed by atoms with E-state index in [4.69, 9.17) is 0 Å². The fourth-order valence-electron chi connectivity index (χ4n) is 4.69. The summed E-state index contributed by atoms with van der Waals surface area (Å²) in [5.41, 5.74) is 2.01. The van der Waals surface area contributed by atoms with Crippen molar-refractivity contribution in [3.05, 3.63) is 51.4 Å². The minimum Gasteiger partial charge on any atom is -0.493 e. The Morgan fingerprint density at radius 1 is 1.21 bits per heavy atom. The van der Waals surface area contributed by atoms with Gasteiger partial charge in [-0.3, -0.25) is 14.2 Å². The molecule has 0 saturated heterocycles. The van der Waals surface area contributed by atoms with E-state index in [1.807, 2.05) is 28.8 Å². The topological polar surface area (TPSA) is 102 Å². The van der Waals surface area contributed by atoms with Crippen LogP contribution >= 0.6 is 11.3 Å². The number of hydrogen-bond donors (Lipinski definition) is 1. The molecule has 176 valence electrons. The van der Waals surface area contributed by atoms with E-state index in [2.05, 4.69) is 22.1 Å². The van der Waals surface area contributed by atoms with Crippen LogP contribution in [-0.4, -0.2) is 25.1 Å². The van der Waals surface area contributed by atoms with E-state index in [-0.39, 0.29) is 23.7 Å². The molecule has 0 saturated carbocycles. The minimum atomic E-state index is -0.574. The number of azo groups is 1. The number of aromatic hydroxyl groups is 1. The van der Waals surface area contributed by atoms with Crippen molar-refractivity contribution >= 4 is 44.1 Å². The van der Waals surface area contributed by atoms with Crippen molar-refractivity contribution in [3.8, 4) is 5.88 Å². The van der Waals surface area contributed by atoms with Crippen molar-refractivity contribution in [2.45, 2.75) is 65.0 Å². The lowest BCUT2D eigenvalue weighted by Gasteiger charge is -2.10. The first-order valence-electron chi connectivity index (χ1n) is 11.8. The summed E-state index contributed by atoms with van der Waals surface area (Å²) in [6, 6.07) is 7.54. The molecule has 0 atom stereocenters. The number of thiophene rings is 1. The van der Waals surface area contributed by atoms with Gasteiger partial charge in [-0.05, 0) is 43.7 Å². The highest BCUT2D eigenvalue weighted by molar-refractivity contribution is 7.18. The number of unbranched alkanes of at least 4 members (excludes halogenated alkanes) is 2. The number of nitrogens with zero attached hydrogens (tertiary/aromatic N) is 5. The second kappa shape index (κ2) is 9.50. The van der Waals surface area contributed by atoms with Gasteiger partial charge in [0.05, 0.1) is 17.2 Å². The van der Waals surface area contributed by atoms with Gasteiger partial charge in [-0.2, -0.15) is 0 Å². The Kier molecular flexibility index (Phi) is 6.28. The molecule has 0 unspecified atom stereocenters. The highest BCUT2D eigenvalue weighted by atomic mass is 32.1. The maximum Gasteiger partial charge on any atom is 0.284 e. The lowest BCUT2D eigenvalue weighted by Crippen LogP contribution is -2.24. The molecule has 9 heteroatoms. The van der Waals surface area contributed by atoms with E-state index in [9.17, 15) is 14.7 Å². The standard InChI is InChI=1S/C25H27N5O3S/c1-2-3-8-13-30-18-11-6-4-9-16(18)22(25(30)33)28-27-20(31)14-29-15-26-23-21(24(29)32)17-10-5-7-12-19(17)34-23/h4,6,9,11,15,33H,2-3,5,7-8,10,12-14H2,1H3. The molecule has 1 amide bonds. The third-order valence-electron chi connectivity index (χ3n) is 6.41. The minimum absolute atomic E-state index is 0.000919. The molecule has 34 heavy (non-hydrogen) atoms. The quantitative estimate of drug-likeness (QED) is 0.280. The average Bonchev–Trinajstić information content (AvgIpc) is 3.35. The van der Waals surface area contributed by atoms with Crippen molar-refractivity contribution < 1.29 is 9.90 Å². The first-order chi connectivity index (χ1) is 16.6. The number of rotatable bonds is 7. The van der Waals surface area contributed by atoms with Crippen LogP contribution in [0.15, 0.2) is 45.6 Å². The van der Waals surface area contributed by atoms with Crippen molar-refractivity contribution in [1.82, 2.24) is 14.1 Å². The number of aromatic nitrogens is 3. The fraction of sp³-hybridized carbons (Fsp3) is 0.400. The van der Waals surface area contributed by atoms with Gasteiger partial charge in [0, 0.05) is 16.8 Å². The summed E-state index contributed by atoms with van der Waals surface area (Å²) < 4.78 is 3.12. The summed E-state index contributed by atoms with van der Waals surface area (Å²) in [4.78, 5) is 32.1. The van der Waals surface area contributed by atoms with E-state index in [0.29, 0.717) is 11.9 Å². The molecular formula is C25H27N5O3S. The van der Waals surface area contributed by atoms with Crippen LogP contribution in [0.5, 0.6) is 5.88 Å². The van der Waals surface area contributed by atoms with Crippen molar-refractivity contribution in [2.75, 3.05) is 0 Å². The summed E-state index contributed by atoms with van der Waals surface area (Å²) in [7, 11) is 0. The summed E-state index contributed by atoms with van der Waals surface area (Å²) in [6.45, 7) is 2.55. The number of benzene rings is 1. The second-order valence-electron chi connectivity index (χ2n) is 8.71. The number of amides is 1. The third-order valence-corrected chi connectivity index (χ3v) is 7.61. The molecule has 0 radical (unpaired) electrons.